The molecular formula is C13H17ClN2O4S. The zero-order valence-electron chi connectivity index (χ0n) is 11.5. The van der Waals surface area contributed by atoms with Gasteiger partial charge in [0.2, 0.25) is 0 Å². The summed E-state index contributed by atoms with van der Waals surface area (Å²) in [4.78, 5) is 11.2. The summed E-state index contributed by atoms with van der Waals surface area (Å²) in [6, 6.07) is 3.99. The number of halogens is 1. The summed E-state index contributed by atoms with van der Waals surface area (Å²) >= 11 is 5.82. The van der Waals surface area contributed by atoms with Crippen LogP contribution in [0.2, 0.25) is 5.02 Å². The molecule has 1 heterocycles. The quantitative estimate of drug-likeness (QED) is 0.886. The summed E-state index contributed by atoms with van der Waals surface area (Å²) in [7, 11) is -3.78. The predicted octanol–water partition coefficient (Wildman–Crippen LogP) is 2.43. The number of anilines is 1. The van der Waals surface area contributed by atoms with Gasteiger partial charge in [-0.25, -0.2) is 4.79 Å². The molecule has 116 valence electrons. The van der Waals surface area contributed by atoms with Crippen LogP contribution in [0.5, 0.6) is 0 Å². The highest BCUT2D eigenvalue weighted by Crippen LogP contribution is 2.25. The van der Waals surface area contributed by atoms with E-state index in [9.17, 15) is 13.2 Å². The average molecular weight is 333 g/mol. The van der Waals surface area contributed by atoms with E-state index >= 15 is 0 Å². The van der Waals surface area contributed by atoms with Crippen LogP contribution in [0.15, 0.2) is 18.2 Å². The molecule has 0 radical (unpaired) electrons. The van der Waals surface area contributed by atoms with Gasteiger partial charge in [0.1, 0.15) is 0 Å². The molecular weight excluding hydrogens is 316 g/mol. The Labute approximate surface area is 128 Å². The Kier molecular flexibility index (Phi) is 4.75. The standard InChI is InChI=1S/C13H17ClN2O4S/c1-9-3-2-6-16(8-9)21(19,20)15-12-7-10(14)4-5-11(12)13(17)18/h4-5,7,9,15H,2-3,6,8H2,1H3,(H,17,18). The number of hydrogen-bond acceptors (Lipinski definition) is 3. The molecule has 0 aromatic heterocycles. The first kappa shape index (κ1) is 16.1. The van der Waals surface area contributed by atoms with Gasteiger partial charge in [0.05, 0.1) is 11.3 Å². The second-order valence-corrected chi connectivity index (χ2v) is 7.31. The summed E-state index contributed by atoms with van der Waals surface area (Å²) in [5, 5.41) is 9.38. The van der Waals surface area contributed by atoms with E-state index in [1.165, 1.54) is 22.5 Å². The second kappa shape index (κ2) is 6.21. The van der Waals surface area contributed by atoms with Crippen molar-refractivity contribution in [1.82, 2.24) is 4.31 Å². The lowest BCUT2D eigenvalue weighted by atomic mass is 10.0. The highest BCUT2D eigenvalue weighted by molar-refractivity contribution is 7.90. The third-order valence-electron chi connectivity index (χ3n) is 3.41. The maximum atomic E-state index is 12.4. The Bertz CT molecular complexity index is 648. The molecule has 0 amide bonds. The summed E-state index contributed by atoms with van der Waals surface area (Å²) in [5.41, 5.74) is -0.152. The van der Waals surface area contributed by atoms with Gasteiger partial charge in [-0.3, -0.25) is 4.72 Å². The topological polar surface area (TPSA) is 86.7 Å². The van der Waals surface area contributed by atoms with E-state index in [-0.39, 0.29) is 22.2 Å². The highest BCUT2D eigenvalue weighted by Gasteiger charge is 2.28. The third kappa shape index (κ3) is 3.87. The van der Waals surface area contributed by atoms with Crippen molar-refractivity contribution in [3.63, 3.8) is 0 Å². The minimum Gasteiger partial charge on any atom is -0.478 e. The first-order valence-corrected chi connectivity index (χ1v) is 8.42. The van der Waals surface area contributed by atoms with Crippen molar-refractivity contribution < 1.29 is 18.3 Å². The van der Waals surface area contributed by atoms with E-state index in [4.69, 9.17) is 16.7 Å². The number of nitrogens with one attached hydrogen (secondary N) is 1. The van der Waals surface area contributed by atoms with Gasteiger partial charge in [-0.15, -0.1) is 0 Å². The van der Waals surface area contributed by atoms with Gasteiger partial charge >= 0.3 is 16.2 Å². The van der Waals surface area contributed by atoms with Crippen LogP contribution in [0, 0.1) is 5.92 Å². The Morgan fingerprint density at radius 1 is 1.48 bits per heavy atom. The molecule has 1 aromatic carbocycles. The van der Waals surface area contributed by atoms with E-state index < -0.39 is 16.2 Å². The van der Waals surface area contributed by atoms with Crippen LogP contribution in [0.4, 0.5) is 5.69 Å². The summed E-state index contributed by atoms with van der Waals surface area (Å²) in [6.45, 7) is 2.85. The minimum absolute atomic E-state index is 0.0202. The van der Waals surface area contributed by atoms with Crippen molar-refractivity contribution in [2.45, 2.75) is 19.8 Å². The van der Waals surface area contributed by atoms with E-state index in [0.29, 0.717) is 13.1 Å². The number of rotatable bonds is 4. The molecule has 1 atom stereocenters. The second-order valence-electron chi connectivity index (χ2n) is 5.21. The Balaban J connectivity index is 2.28. The maximum absolute atomic E-state index is 12.4. The molecule has 1 aliphatic heterocycles. The lowest BCUT2D eigenvalue weighted by Gasteiger charge is -2.30. The number of nitrogens with zero attached hydrogens (tertiary/aromatic N) is 1. The van der Waals surface area contributed by atoms with Gasteiger partial charge in [0.25, 0.3) is 0 Å². The summed E-state index contributed by atoms with van der Waals surface area (Å²) in [5.74, 6) is -0.926. The number of carbonyl (C=O) groups is 1. The van der Waals surface area contributed by atoms with Crippen LogP contribution in [-0.2, 0) is 10.2 Å². The lowest BCUT2D eigenvalue weighted by Crippen LogP contribution is -2.42. The molecule has 6 nitrogen and oxygen atoms in total. The van der Waals surface area contributed by atoms with Crippen molar-refractivity contribution in [2.24, 2.45) is 5.92 Å². The minimum atomic E-state index is -3.78. The van der Waals surface area contributed by atoms with Gasteiger partial charge < -0.3 is 5.11 Å². The van der Waals surface area contributed by atoms with Gasteiger partial charge in [-0.05, 0) is 37.0 Å². The molecule has 8 heteroatoms. The predicted molar refractivity (Wildman–Crippen MR) is 80.9 cm³/mol. The normalized spacial score (nSPS) is 20.2. The van der Waals surface area contributed by atoms with Crippen LogP contribution in [0.1, 0.15) is 30.1 Å². The molecule has 0 saturated carbocycles. The molecule has 0 spiro atoms. The van der Waals surface area contributed by atoms with Crippen molar-refractivity contribution in [2.75, 3.05) is 17.8 Å². The van der Waals surface area contributed by atoms with Crippen LogP contribution in [0.3, 0.4) is 0 Å². The molecule has 21 heavy (non-hydrogen) atoms. The van der Waals surface area contributed by atoms with Crippen molar-refractivity contribution in [3.8, 4) is 0 Å². The summed E-state index contributed by atoms with van der Waals surface area (Å²) < 4.78 is 28.4. The first-order valence-electron chi connectivity index (χ1n) is 6.60. The average Bonchev–Trinajstić information content (AvgIpc) is 2.38. The van der Waals surface area contributed by atoms with Gasteiger partial charge in [-0.1, -0.05) is 18.5 Å². The van der Waals surface area contributed by atoms with Crippen LogP contribution >= 0.6 is 11.6 Å². The highest BCUT2D eigenvalue weighted by atomic mass is 35.5. The Morgan fingerprint density at radius 3 is 2.81 bits per heavy atom. The molecule has 1 saturated heterocycles. The van der Waals surface area contributed by atoms with E-state index in [1.807, 2.05) is 6.92 Å². The van der Waals surface area contributed by atoms with Gasteiger partial charge in [-0.2, -0.15) is 12.7 Å². The largest absolute Gasteiger partial charge is 0.478 e. The molecule has 1 aliphatic rings. The van der Waals surface area contributed by atoms with Gasteiger partial charge in [0, 0.05) is 18.1 Å². The Hall–Kier alpha value is -1.31. The number of carboxylic acid groups (broad SMARTS) is 1. The fraction of sp³-hybridized carbons (Fsp3) is 0.462. The fourth-order valence-electron chi connectivity index (χ4n) is 2.36. The smallest absolute Gasteiger partial charge is 0.337 e. The molecule has 1 aromatic rings. The fourth-order valence-corrected chi connectivity index (χ4v) is 3.92. The number of aromatic carboxylic acids is 1. The van der Waals surface area contributed by atoms with Crippen LogP contribution < -0.4 is 4.72 Å². The molecule has 1 unspecified atom stereocenters. The maximum Gasteiger partial charge on any atom is 0.337 e. The van der Waals surface area contributed by atoms with E-state index in [1.54, 1.807) is 0 Å². The lowest BCUT2D eigenvalue weighted by molar-refractivity contribution is 0.0698. The van der Waals surface area contributed by atoms with Gasteiger partial charge in [0.15, 0.2) is 0 Å². The van der Waals surface area contributed by atoms with Crippen LogP contribution in [0.25, 0.3) is 0 Å². The third-order valence-corrected chi connectivity index (χ3v) is 5.14. The van der Waals surface area contributed by atoms with Crippen molar-refractivity contribution >= 4 is 33.5 Å². The molecule has 2 N–H and O–H groups in total. The zero-order chi connectivity index (χ0) is 15.6. The van der Waals surface area contributed by atoms with Crippen molar-refractivity contribution in [1.29, 1.82) is 0 Å². The SMILES string of the molecule is CC1CCCN(S(=O)(=O)Nc2cc(Cl)ccc2C(=O)O)C1. The molecule has 0 bridgehead atoms. The monoisotopic (exact) mass is 332 g/mol. The molecule has 0 aliphatic carbocycles. The van der Waals surface area contributed by atoms with Crippen LogP contribution in [-0.4, -0.2) is 36.9 Å². The molecule has 2 rings (SSSR count). The summed E-state index contributed by atoms with van der Waals surface area (Å²) in [6.07, 6.45) is 1.78. The first-order chi connectivity index (χ1) is 9.79. The van der Waals surface area contributed by atoms with E-state index in [2.05, 4.69) is 4.72 Å². The number of piperidine rings is 1. The number of benzene rings is 1. The van der Waals surface area contributed by atoms with E-state index in [0.717, 1.165) is 12.8 Å². The molecule has 1 fully saturated rings. The number of hydrogen-bond donors (Lipinski definition) is 2. The van der Waals surface area contributed by atoms with Crippen molar-refractivity contribution in [3.05, 3.63) is 28.8 Å². The Morgan fingerprint density at radius 2 is 2.19 bits per heavy atom. The zero-order valence-corrected chi connectivity index (χ0v) is 13.1. The number of carboxylic acids is 1.